The molecule has 0 aliphatic heterocycles. The maximum Gasteiger partial charge on any atom is 0.229 e. The lowest BCUT2D eigenvalue weighted by Crippen LogP contribution is -2.29. The summed E-state index contributed by atoms with van der Waals surface area (Å²) in [5.74, 6) is -2.00. The van der Waals surface area contributed by atoms with E-state index in [4.69, 9.17) is 0 Å². The van der Waals surface area contributed by atoms with Crippen LogP contribution in [0.25, 0.3) is 16.9 Å². The second-order valence-electron chi connectivity index (χ2n) is 8.00. The van der Waals surface area contributed by atoms with Crippen LogP contribution in [0.1, 0.15) is 30.2 Å². The summed E-state index contributed by atoms with van der Waals surface area (Å²) in [5.41, 5.74) is 1.72. The van der Waals surface area contributed by atoms with Gasteiger partial charge in [-0.3, -0.25) is 14.7 Å². The van der Waals surface area contributed by atoms with Crippen molar-refractivity contribution in [3.8, 4) is 5.69 Å². The molecule has 6 nitrogen and oxygen atoms in total. The number of nitrogens with one attached hydrogen (secondary N) is 1. The lowest BCUT2D eigenvalue weighted by molar-refractivity contribution is -0.120. The molecule has 0 bridgehead atoms. The molecule has 8 heteroatoms. The van der Waals surface area contributed by atoms with Crippen molar-refractivity contribution in [2.75, 3.05) is 5.32 Å². The molecule has 0 aliphatic carbocycles. The van der Waals surface area contributed by atoms with Crippen molar-refractivity contribution in [2.24, 2.45) is 0 Å². The molecule has 32 heavy (non-hydrogen) atoms. The number of nitrogens with zero attached hydrogens (tertiary/aromatic N) is 3. The lowest BCUT2D eigenvalue weighted by atomic mass is 9.92. The summed E-state index contributed by atoms with van der Waals surface area (Å²) >= 11 is 0. The number of carbonyl (C=O) groups is 1. The van der Waals surface area contributed by atoms with E-state index in [1.165, 1.54) is 4.57 Å². The summed E-state index contributed by atoms with van der Waals surface area (Å²) < 4.78 is 29.3. The molecule has 4 rings (SSSR count). The fourth-order valence-corrected chi connectivity index (χ4v) is 3.57. The first-order valence-electron chi connectivity index (χ1n) is 10.0. The van der Waals surface area contributed by atoms with Crippen LogP contribution in [0.15, 0.2) is 54.6 Å². The van der Waals surface area contributed by atoms with Gasteiger partial charge in [0.2, 0.25) is 11.9 Å². The monoisotopic (exact) mass is 436 g/mol. The number of benzene rings is 2. The van der Waals surface area contributed by atoms with Gasteiger partial charge in [-0.15, -0.1) is 0 Å². The minimum atomic E-state index is -1.42. The molecule has 4 aromatic rings. The number of aromatic nitrogens is 3. The average Bonchev–Trinajstić information content (AvgIpc) is 3.04. The van der Waals surface area contributed by atoms with Crippen LogP contribution in [-0.4, -0.2) is 25.5 Å². The predicted octanol–water partition coefficient (Wildman–Crippen LogP) is 4.55. The SMILES string of the molecule is Cc1cc2nc(NC(=O)C[C@](C)(O)c3ccccc3)n(-c3cc(F)cc(F)c3)c2nc1C. The molecule has 0 fully saturated rings. The van der Waals surface area contributed by atoms with Gasteiger partial charge >= 0.3 is 0 Å². The summed E-state index contributed by atoms with van der Waals surface area (Å²) in [4.78, 5) is 21.8. The van der Waals surface area contributed by atoms with Gasteiger partial charge in [0, 0.05) is 11.8 Å². The number of aliphatic hydroxyl groups is 1. The zero-order valence-electron chi connectivity index (χ0n) is 17.9. The third kappa shape index (κ3) is 4.22. The second-order valence-corrected chi connectivity index (χ2v) is 8.00. The topological polar surface area (TPSA) is 80.0 Å². The first-order valence-corrected chi connectivity index (χ1v) is 10.0. The van der Waals surface area contributed by atoms with Gasteiger partial charge in [-0.1, -0.05) is 30.3 Å². The Morgan fingerprint density at radius 3 is 2.38 bits per heavy atom. The van der Waals surface area contributed by atoms with Crippen molar-refractivity contribution >= 4 is 23.0 Å². The number of hydrogen-bond donors (Lipinski definition) is 2. The lowest BCUT2D eigenvalue weighted by Gasteiger charge is -2.23. The van der Waals surface area contributed by atoms with Crippen LogP contribution in [0.2, 0.25) is 0 Å². The first-order chi connectivity index (χ1) is 15.1. The molecular weight excluding hydrogens is 414 g/mol. The molecule has 2 N–H and O–H groups in total. The Balaban J connectivity index is 1.76. The summed E-state index contributed by atoms with van der Waals surface area (Å²) in [6.45, 7) is 5.23. The highest BCUT2D eigenvalue weighted by atomic mass is 19.1. The Morgan fingerprint density at radius 1 is 1.06 bits per heavy atom. The van der Waals surface area contributed by atoms with Crippen LogP contribution >= 0.6 is 0 Å². The number of imidazole rings is 1. The molecule has 0 unspecified atom stereocenters. The molecule has 0 saturated carbocycles. The summed E-state index contributed by atoms with van der Waals surface area (Å²) in [5, 5.41) is 13.5. The van der Waals surface area contributed by atoms with E-state index < -0.39 is 23.1 Å². The molecule has 1 atom stereocenters. The molecule has 0 saturated heterocycles. The van der Waals surface area contributed by atoms with Crippen LogP contribution in [0.3, 0.4) is 0 Å². The fourth-order valence-electron chi connectivity index (χ4n) is 3.57. The van der Waals surface area contributed by atoms with Gasteiger partial charge in [0.05, 0.1) is 17.7 Å². The normalized spacial score (nSPS) is 13.2. The highest BCUT2D eigenvalue weighted by Gasteiger charge is 2.28. The smallest absolute Gasteiger partial charge is 0.229 e. The first kappa shape index (κ1) is 21.6. The van der Waals surface area contributed by atoms with Crippen molar-refractivity contribution < 1.29 is 18.7 Å². The number of halogens is 2. The average molecular weight is 436 g/mol. The molecule has 164 valence electrons. The number of amides is 1. The van der Waals surface area contributed by atoms with Gasteiger partial charge in [0.25, 0.3) is 0 Å². The van der Waals surface area contributed by atoms with Gasteiger partial charge in [-0.05, 0) is 50.1 Å². The van der Waals surface area contributed by atoms with Gasteiger partial charge in [0.15, 0.2) is 5.65 Å². The number of rotatable bonds is 5. The number of fused-ring (bicyclic) bond motifs is 1. The minimum absolute atomic E-state index is 0.0522. The fraction of sp³-hybridized carbons (Fsp3) is 0.208. The van der Waals surface area contributed by atoms with Crippen molar-refractivity contribution in [2.45, 2.75) is 32.8 Å². The highest BCUT2D eigenvalue weighted by molar-refractivity contribution is 5.92. The van der Waals surface area contributed by atoms with E-state index in [9.17, 15) is 18.7 Å². The van der Waals surface area contributed by atoms with Crippen LogP contribution in [0.5, 0.6) is 0 Å². The van der Waals surface area contributed by atoms with Crippen molar-refractivity contribution in [3.05, 3.63) is 83.1 Å². The van der Waals surface area contributed by atoms with Crippen LogP contribution in [-0.2, 0) is 10.4 Å². The second kappa shape index (κ2) is 8.12. The Morgan fingerprint density at radius 2 is 1.72 bits per heavy atom. The Hall–Kier alpha value is -3.65. The number of aryl methyl sites for hydroxylation is 2. The zero-order chi connectivity index (χ0) is 23.0. The molecule has 1 amide bonds. The van der Waals surface area contributed by atoms with E-state index in [0.29, 0.717) is 16.7 Å². The molecule has 0 spiro atoms. The molecule has 0 aliphatic rings. The minimum Gasteiger partial charge on any atom is -0.385 e. The van der Waals surface area contributed by atoms with E-state index >= 15 is 0 Å². The molecule has 2 aromatic heterocycles. The number of pyridine rings is 1. The van der Waals surface area contributed by atoms with E-state index in [0.717, 1.165) is 29.5 Å². The number of anilines is 1. The summed E-state index contributed by atoms with van der Waals surface area (Å²) in [6, 6.07) is 13.7. The molecular formula is C24H22F2N4O2. The van der Waals surface area contributed by atoms with Gasteiger partial charge in [-0.2, -0.15) is 0 Å². The van der Waals surface area contributed by atoms with E-state index in [2.05, 4.69) is 15.3 Å². The van der Waals surface area contributed by atoms with Crippen molar-refractivity contribution in [1.82, 2.24) is 14.5 Å². The van der Waals surface area contributed by atoms with E-state index in [1.54, 1.807) is 37.3 Å². The maximum atomic E-state index is 14.0. The highest BCUT2D eigenvalue weighted by Crippen LogP contribution is 2.28. The van der Waals surface area contributed by atoms with Crippen molar-refractivity contribution in [3.63, 3.8) is 0 Å². The van der Waals surface area contributed by atoms with Crippen LogP contribution < -0.4 is 5.32 Å². The largest absolute Gasteiger partial charge is 0.385 e. The van der Waals surface area contributed by atoms with Crippen LogP contribution in [0, 0.1) is 25.5 Å². The number of hydrogen-bond acceptors (Lipinski definition) is 4. The number of carbonyl (C=O) groups excluding carboxylic acids is 1. The predicted molar refractivity (Wildman–Crippen MR) is 118 cm³/mol. The molecule has 2 heterocycles. The molecule has 0 radical (unpaired) electrons. The van der Waals surface area contributed by atoms with Crippen LogP contribution in [0.4, 0.5) is 14.7 Å². The Labute approximate surface area is 183 Å². The third-order valence-corrected chi connectivity index (χ3v) is 5.33. The maximum absolute atomic E-state index is 14.0. The standard InChI is InChI=1S/C24H22F2N4O2/c1-14-9-20-22(27-15(14)2)30(19-11-17(25)10-18(26)12-19)23(28-20)29-21(31)13-24(3,32)16-7-5-4-6-8-16/h4-12,32H,13H2,1-3H3,(H,28,29,31)/t24-/m0/s1. The van der Waals surface area contributed by atoms with Crippen molar-refractivity contribution in [1.29, 1.82) is 0 Å². The van der Waals surface area contributed by atoms with Gasteiger partial charge < -0.3 is 5.11 Å². The third-order valence-electron chi connectivity index (χ3n) is 5.33. The molecule has 2 aromatic carbocycles. The zero-order valence-corrected chi connectivity index (χ0v) is 17.9. The summed E-state index contributed by atoms with van der Waals surface area (Å²) in [7, 11) is 0. The van der Waals surface area contributed by atoms with E-state index in [1.807, 2.05) is 19.9 Å². The van der Waals surface area contributed by atoms with Gasteiger partial charge in [0.1, 0.15) is 17.2 Å². The Kier molecular flexibility index (Phi) is 5.48. The summed E-state index contributed by atoms with van der Waals surface area (Å²) in [6.07, 6.45) is -0.247. The van der Waals surface area contributed by atoms with E-state index in [-0.39, 0.29) is 18.1 Å². The quantitative estimate of drug-likeness (QED) is 0.481. The van der Waals surface area contributed by atoms with Gasteiger partial charge in [-0.25, -0.2) is 18.7 Å². The Bertz CT molecular complexity index is 1300.